The fraction of sp³-hybridized carbons (Fsp3) is 0.0833. The third-order valence-electron chi connectivity index (χ3n) is 2.59. The molecule has 0 aliphatic rings. The van der Waals surface area contributed by atoms with E-state index in [1.807, 2.05) is 0 Å². The van der Waals surface area contributed by atoms with Crippen molar-refractivity contribution in [1.82, 2.24) is 9.97 Å². The predicted molar refractivity (Wildman–Crippen MR) is 75.2 cm³/mol. The maximum atomic E-state index is 12.0. The second kappa shape index (κ2) is 6.08. The zero-order valence-corrected chi connectivity index (χ0v) is 11.9. The van der Waals surface area contributed by atoms with Crippen LogP contribution in [-0.4, -0.2) is 24.6 Å². The van der Waals surface area contributed by atoms with Crippen LogP contribution in [-0.2, 0) is 11.1 Å². The number of carbonyl (C=O) groups is 1. The molecule has 2 rings (SSSR count). The fourth-order valence-corrected chi connectivity index (χ4v) is 2.30. The van der Waals surface area contributed by atoms with E-state index in [-0.39, 0.29) is 15.7 Å². The second-order valence-electron chi connectivity index (χ2n) is 3.86. The van der Waals surface area contributed by atoms with Gasteiger partial charge < -0.3 is 9.87 Å². The monoisotopic (exact) mass is 311 g/mol. The molecule has 0 radical (unpaired) electrons. The molecule has 1 heterocycles. The van der Waals surface area contributed by atoms with E-state index in [1.165, 1.54) is 18.5 Å². The highest BCUT2D eigenvalue weighted by molar-refractivity contribution is 7.79. The van der Waals surface area contributed by atoms with Crippen LogP contribution in [0.1, 0.15) is 16.1 Å². The van der Waals surface area contributed by atoms with Gasteiger partial charge in [0.15, 0.2) is 11.1 Å². The highest BCUT2D eigenvalue weighted by Gasteiger charge is 2.13. The molecule has 0 saturated heterocycles. The maximum Gasteiger partial charge on any atom is 0.274 e. The predicted octanol–water partition coefficient (Wildman–Crippen LogP) is 2.27. The third-order valence-corrected chi connectivity index (χ3v) is 3.61. The van der Waals surface area contributed by atoms with Gasteiger partial charge in [-0.2, -0.15) is 0 Å². The Morgan fingerprint density at radius 2 is 2.15 bits per heavy atom. The van der Waals surface area contributed by atoms with Gasteiger partial charge in [0.05, 0.1) is 4.90 Å². The van der Waals surface area contributed by atoms with Gasteiger partial charge >= 0.3 is 0 Å². The minimum atomic E-state index is -2.11. The zero-order valence-electron chi connectivity index (χ0n) is 10.3. The molecule has 1 aromatic carbocycles. The summed E-state index contributed by atoms with van der Waals surface area (Å²) in [6.45, 7) is 1.64. The number of nitrogens with zero attached hydrogens (tertiary/aromatic N) is 2. The smallest absolute Gasteiger partial charge is 0.274 e. The van der Waals surface area contributed by atoms with Crippen LogP contribution in [0.4, 0.5) is 5.69 Å². The molecule has 0 fully saturated rings. The number of halogens is 1. The van der Waals surface area contributed by atoms with Gasteiger partial charge in [0.2, 0.25) is 0 Å². The van der Waals surface area contributed by atoms with Crippen LogP contribution >= 0.6 is 11.6 Å². The molecule has 2 aromatic rings. The number of aromatic nitrogens is 2. The molecular weight excluding hydrogens is 302 g/mol. The average Bonchev–Trinajstić information content (AvgIpc) is 2.40. The molecule has 1 atom stereocenters. The van der Waals surface area contributed by atoms with Gasteiger partial charge in [0.25, 0.3) is 5.91 Å². The molecule has 0 saturated carbocycles. The van der Waals surface area contributed by atoms with Crippen molar-refractivity contribution in [1.29, 1.82) is 0 Å². The van der Waals surface area contributed by atoms with Crippen molar-refractivity contribution in [3.63, 3.8) is 0 Å². The molecule has 2 N–H and O–H groups in total. The summed E-state index contributed by atoms with van der Waals surface area (Å²) >= 11 is 3.57. The molecule has 0 aliphatic carbocycles. The first-order valence-corrected chi connectivity index (χ1v) is 6.97. The summed E-state index contributed by atoms with van der Waals surface area (Å²) in [7, 11) is 0. The number of hydrogen-bond donors (Lipinski definition) is 2. The first kappa shape index (κ1) is 14.6. The molecule has 8 heteroatoms. The summed E-state index contributed by atoms with van der Waals surface area (Å²) in [6.07, 6.45) is 1.18. The van der Waals surface area contributed by atoms with Gasteiger partial charge in [-0.1, -0.05) is 17.7 Å². The maximum absolute atomic E-state index is 12.0. The van der Waals surface area contributed by atoms with Crippen molar-refractivity contribution in [2.24, 2.45) is 0 Å². The molecule has 0 bridgehead atoms. The Hall–Kier alpha value is -1.83. The van der Waals surface area contributed by atoms with Gasteiger partial charge in [-0.25, -0.2) is 14.2 Å². The van der Waals surface area contributed by atoms with Crippen molar-refractivity contribution < 1.29 is 13.6 Å². The van der Waals surface area contributed by atoms with Gasteiger partial charge in [-0.3, -0.25) is 4.79 Å². The van der Waals surface area contributed by atoms with Gasteiger partial charge in [0.1, 0.15) is 17.2 Å². The Balaban J connectivity index is 2.29. The van der Waals surface area contributed by atoms with Gasteiger partial charge in [-0.05, 0) is 24.6 Å². The van der Waals surface area contributed by atoms with Crippen molar-refractivity contribution in [2.45, 2.75) is 11.8 Å². The van der Waals surface area contributed by atoms with E-state index in [9.17, 15) is 9.00 Å². The average molecular weight is 312 g/mol. The van der Waals surface area contributed by atoms with E-state index < -0.39 is 17.0 Å². The Labute approximate surface area is 122 Å². The quantitative estimate of drug-likeness (QED) is 0.670. The molecule has 104 valence electrons. The Morgan fingerprint density at radius 3 is 2.80 bits per heavy atom. The molecule has 6 nitrogen and oxygen atoms in total. The summed E-state index contributed by atoms with van der Waals surface area (Å²) < 4.78 is 20.3. The number of anilines is 1. The van der Waals surface area contributed by atoms with E-state index in [0.29, 0.717) is 11.3 Å². The highest BCUT2D eigenvalue weighted by atomic mass is 35.5. The standard InChI is InChI=1S/C12H10ClN3O3S/c1-7-8(3-2-4-10(7)20(18)19)16-12(17)9-5-11(13)15-6-14-9/h2-6H,1H3,(H,16,17)(H,18,19). The van der Waals surface area contributed by atoms with Crippen LogP contribution in [0.5, 0.6) is 0 Å². The summed E-state index contributed by atoms with van der Waals surface area (Å²) in [5.74, 6) is -0.474. The van der Waals surface area contributed by atoms with Crippen molar-refractivity contribution in [3.05, 3.63) is 47.0 Å². The molecule has 1 aromatic heterocycles. The first-order chi connectivity index (χ1) is 9.49. The van der Waals surface area contributed by atoms with Crippen LogP contribution in [0.25, 0.3) is 0 Å². The van der Waals surface area contributed by atoms with Crippen molar-refractivity contribution >= 4 is 34.3 Å². The van der Waals surface area contributed by atoms with Crippen LogP contribution in [0, 0.1) is 6.92 Å². The van der Waals surface area contributed by atoms with E-state index in [0.717, 1.165) is 0 Å². The normalized spacial score (nSPS) is 11.9. The van der Waals surface area contributed by atoms with Crippen LogP contribution in [0.15, 0.2) is 35.5 Å². The lowest BCUT2D eigenvalue weighted by molar-refractivity contribution is 0.102. The summed E-state index contributed by atoms with van der Waals surface area (Å²) in [6, 6.07) is 6.06. The minimum absolute atomic E-state index is 0.111. The van der Waals surface area contributed by atoms with E-state index in [1.54, 1.807) is 19.1 Å². The van der Waals surface area contributed by atoms with Crippen molar-refractivity contribution in [3.8, 4) is 0 Å². The van der Waals surface area contributed by atoms with Gasteiger partial charge in [0, 0.05) is 11.8 Å². The Morgan fingerprint density at radius 1 is 1.40 bits per heavy atom. The number of rotatable bonds is 3. The van der Waals surface area contributed by atoms with E-state index in [4.69, 9.17) is 16.2 Å². The number of amides is 1. The molecular formula is C12H10ClN3O3S. The van der Waals surface area contributed by atoms with E-state index in [2.05, 4.69) is 15.3 Å². The summed E-state index contributed by atoms with van der Waals surface area (Å²) in [5, 5.41) is 2.77. The molecule has 0 aliphatic heterocycles. The zero-order chi connectivity index (χ0) is 14.7. The summed E-state index contributed by atoms with van der Waals surface area (Å²) in [4.78, 5) is 19.7. The number of carbonyl (C=O) groups excluding carboxylic acids is 1. The molecule has 0 spiro atoms. The number of hydrogen-bond acceptors (Lipinski definition) is 4. The Kier molecular flexibility index (Phi) is 4.43. The molecule has 1 amide bonds. The third kappa shape index (κ3) is 3.19. The molecule has 1 unspecified atom stereocenters. The highest BCUT2D eigenvalue weighted by Crippen LogP contribution is 2.21. The number of nitrogens with one attached hydrogen (secondary N) is 1. The van der Waals surface area contributed by atoms with Crippen LogP contribution < -0.4 is 5.32 Å². The minimum Gasteiger partial charge on any atom is -0.320 e. The van der Waals surface area contributed by atoms with E-state index >= 15 is 0 Å². The second-order valence-corrected chi connectivity index (χ2v) is 5.18. The lowest BCUT2D eigenvalue weighted by Crippen LogP contribution is -2.15. The van der Waals surface area contributed by atoms with Crippen LogP contribution in [0.2, 0.25) is 5.15 Å². The Bertz CT molecular complexity index is 693. The number of benzene rings is 1. The van der Waals surface area contributed by atoms with Crippen LogP contribution in [0.3, 0.4) is 0 Å². The van der Waals surface area contributed by atoms with Gasteiger partial charge in [-0.15, -0.1) is 0 Å². The summed E-state index contributed by atoms with van der Waals surface area (Å²) in [5.41, 5.74) is 1.06. The van der Waals surface area contributed by atoms with Crippen molar-refractivity contribution in [2.75, 3.05) is 5.32 Å². The largest absolute Gasteiger partial charge is 0.320 e. The fourth-order valence-electron chi connectivity index (χ4n) is 1.58. The topological polar surface area (TPSA) is 92.2 Å². The lowest BCUT2D eigenvalue weighted by Gasteiger charge is -2.10. The lowest BCUT2D eigenvalue weighted by atomic mass is 10.2. The molecule has 20 heavy (non-hydrogen) atoms. The first-order valence-electron chi connectivity index (χ1n) is 5.48. The SMILES string of the molecule is Cc1c(NC(=O)c2cc(Cl)ncn2)cccc1S(=O)O.